The Kier molecular flexibility index (Phi) is 8.08. The molecule has 2 heterocycles. The maximum atomic E-state index is 5.42. The van der Waals surface area contributed by atoms with Crippen molar-refractivity contribution in [1.82, 2.24) is 15.5 Å². The van der Waals surface area contributed by atoms with E-state index in [9.17, 15) is 0 Å². The largest absolute Gasteiger partial charge is 0.454 e. The van der Waals surface area contributed by atoms with Crippen LogP contribution in [0.4, 0.5) is 0 Å². The highest BCUT2D eigenvalue weighted by molar-refractivity contribution is 14.0. The van der Waals surface area contributed by atoms with E-state index in [0.717, 1.165) is 42.7 Å². The Morgan fingerprint density at radius 3 is 2.84 bits per heavy atom. The molecular weight excluding hydrogens is 431 g/mol. The molecule has 1 unspecified atom stereocenters. The van der Waals surface area contributed by atoms with Gasteiger partial charge < -0.3 is 25.0 Å². The number of fused-ring (bicyclic) bond motifs is 1. The lowest BCUT2D eigenvalue weighted by atomic mass is 10.1. The molecule has 1 saturated heterocycles. The van der Waals surface area contributed by atoms with Crippen LogP contribution < -0.4 is 20.1 Å². The normalized spacial score (nSPS) is 19.6. The predicted molar refractivity (Wildman–Crippen MR) is 111 cm³/mol. The van der Waals surface area contributed by atoms with Gasteiger partial charge in [-0.1, -0.05) is 13.0 Å². The van der Waals surface area contributed by atoms with Crippen LogP contribution in [-0.2, 0) is 6.54 Å². The van der Waals surface area contributed by atoms with E-state index in [2.05, 4.69) is 29.4 Å². The number of aliphatic imine (C=N–C) groups is 1. The second-order valence-electron chi connectivity index (χ2n) is 6.31. The van der Waals surface area contributed by atoms with Crippen molar-refractivity contribution in [3.8, 4) is 11.5 Å². The third-order valence-corrected chi connectivity index (χ3v) is 4.58. The summed E-state index contributed by atoms with van der Waals surface area (Å²) in [4.78, 5) is 7.20. The molecule has 0 aliphatic carbocycles. The fourth-order valence-corrected chi connectivity index (χ4v) is 3.16. The van der Waals surface area contributed by atoms with E-state index in [1.165, 1.54) is 19.5 Å². The monoisotopic (exact) mass is 460 g/mol. The minimum absolute atomic E-state index is 0. The number of likely N-dealkylation sites (tertiary alicyclic amines) is 1. The molecule has 3 rings (SSSR count). The van der Waals surface area contributed by atoms with E-state index in [1.54, 1.807) is 0 Å². The molecule has 0 bridgehead atoms. The van der Waals surface area contributed by atoms with E-state index >= 15 is 0 Å². The van der Waals surface area contributed by atoms with Gasteiger partial charge in [0.1, 0.15) is 0 Å². The molecular formula is C18H29IN4O2. The highest BCUT2D eigenvalue weighted by Crippen LogP contribution is 2.32. The number of hydrogen-bond acceptors (Lipinski definition) is 4. The van der Waals surface area contributed by atoms with Crippen molar-refractivity contribution in [2.75, 3.05) is 39.5 Å². The van der Waals surface area contributed by atoms with Gasteiger partial charge in [-0.25, -0.2) is 4.99 Å². The standard InChI is InChI=1S/C18H28N4O2.HI/c1-3-19-18(21-11-15-7-8-22(4-2)12-15)20-10-14-5-6-16-17(9-14)24-13-23-16;/h5-6,9,15H,3-4,7-8,10-13H2,1-2H3,(H2,19,20,21);1H. The minimum atomic E-state index is 0. The average molecular weight is 460 g/mol. The summed E-state index contributed by atoms with van der Waals surface area (Å²) in [7, 11) is 0. The van der Waals surface area contributed by atoms with Crippen LogP contribution >= 0.6 is 24.0 Å². The van der Waals surface area contributed by atoms with E-state index in [0.29, 0.717) is 19.3 Å². The third kappa shape index (κ3) is 5.64. The van der Waals surface area contributed by atoms with Crippen molar-refractivity contribution >= 4 is 29.9 Å². The molecule has 25 heavy (non-hydrogen) atoms. The lowest BCUT2D eigenvalue weighted by Crippen LogP contribution is -2.40. The number of rotatable bonds is 6. The molecule has 140 valence electrons. The van der Waals surface area contributed by atoms with Crippen molar-refractivity contribution in [3.05, 3.63) is 23.8 Å². The summed E-state index contributed by atoms with van der Waals surface area (Å²) in [5, 5.41) is 6.81. The van der Waals surface area contributed by atoms with E-state index < -0.39 is 0 Å². The summed E-state index contributed by atoms with van der Waals surface area (Å²) in [6.07, 6.45) is 1.27. The van der Waals surface area contributed by atoms with Crippen LogP contribution in [0.1, 0.15) is 25.8 Å². The Morgan fingerprint density at radius 1 is 1.24 bits per heavy atom. The molecule has 0 amide bonds. The third-order valence-electron chi connectivity index (χ3n) is 4.58. The minimum Gasteiger partial charge on any atom is -0.454 e. The van der Waals surface area contributed by atoms with Crippen LogP contribution in [0.3, 0.4) is 0 Å². The van der Waals surface area contributed by atoms with Crippen molar-refractivity contribution < 1.29 is 9.47 Å². The number of nitrogens with zero attached hydrogens (tertiary/aromatic N) is 2. The Balaban J connectivity index is 0.00000225. The lowest BCUT2D eigenvalue weighted by molar-refractivity contribution is 0.174. The lowest BCUT2D eigenvalue weighted by Gasteiger charge is -2.16. The first-order valence-corrected chi connectivity index (χ1v) is 8.91. The number of guanidine groups is 1. The maximum Gasteiger partial charge on any atom is 0.231 e. The Bertz CT molecular complexity index is 582. The van der Waals surface area contributed by atoms with Gasteiger partial charge in [0.25, 0.3) is 0 Å². The van der Waals surface area contributed by atoms with Crippen LogP contribution in [0.2, 0.25) is 0 Å². The van der Waals surface area contributed by atoms with Crippen LogP contribution in [0, 0.1) is 5.92 Å². The molecule has 0 saturated carbocycles. The number of ether oxygens (including phenoxy) is 2. The molecule has 0 radical (unpaired) electrons. The number of halogens is 1. The Hall–Kier alpha value is -1.22. The fraction of sp³-hybridized carbons (Fsp3) is 0.611. The zero-order chi connectivity index (χ0) is 16.8. The van der Waals surface area contributed by atoms with E-state index in [-0.39, 0.29) is 24.0 Å². The van der Waals surface area contributed by atoms with Crippen molar-refractivity contribution in [2.24, 2.45) is 10.9 Å². The second kappa shape index (κ2) is 10.1. The average Bonchev–Trinajstić information content (AvgIpc) is 3.25. The van der Waals surface area contributed by atoms with Gasteiger partial charge in [-0.2, -0.15) is 0 Å². The topological polar surface area (TPSA) is 58.1 Å². The second-order valence-corrected chi connectivity index (χ2v) is 6.31. The van der Waals surface area contributed by atoms with Gasteiger partial charge in [-0.3, -0.25) is 0 Å². The number of hydrogen-bond donors (Lipinski definition) is 2. The van der Waals surface area contributed by atoms with E-state index in [4.69, 9.17) is 14.5 Å². The molecule has 2 N–H and O–H groups in total. The first kappa shape index (κ1) is 20.1. The summed E-state index contributed by atoms with van der Waals surface area (Å²) in [5.41, 5.74) is 1.12. The van der Waals surface area contributed by atoms with Crippen LogP contribution in [-0.4, -0.2) is 50.4 Å². The molecule has 2 aliphatic rings. The summed E-state index contributed by atoms with van der Waals surface area (Å²) >= 11 is 0. The van der Waals surface area contributed by atoms with Gasteiger partial charge in [0, 0.05) is 19.6 Å². The first-order chi connectivity index (χ1) is 11.8. The molecule has 1 aromatic carbocycles. The molecule has 6 nitrogen and oxygen atoms in total. The Morgan fingerprint density at radius 2 is 2.08 bits per heavy atom. The summed E-state index contributed by atoms with van der Waals surface area (Å²) in [6.45, 7) is 10.6. The first-order valence-electron chi connectivity index (χ1n) is 8.91. The summed E-state index contributed by atoms with van der Waals surface area (Å²) in [6, 6.07) is 5.99. The molecule has 1 aromatic rings. The van der Waals surface area contributed by atoms with Gasteiger partial charge >= 0.3 is 0 Å². The zero-order valence-electron chi connectivity index (χ0n) is 15.1. The van der Waals surface area contributed by atoms with Crippen LogP contribution in [0.5, 0.6) is 11.5 Å². The maximum absolute atomic E-state index is 5.42. The molecule has 1 fully saturated rings. The molecule has 2 aliphatic heterocycles. The fourth-order valence-electron chi connectivity index (χ4n) is 3.16. The van der Waals surface area contributed by atoms with Crippen molar-refractivity contribution in [3.63, 3.8) is 0 Å². The SMILES string of the molecule is CCNC(=NCc1ccc2c(c1)OCO2)NCC1CCN(CC)C1.I. The predicted octanol–water partition coefficient (Wildman–Crippen LogP) is 2.43. The highest BCUT2D eigenvalue weighted by Gasteiger charge is 2.21. The van der Waals surface area contributed by atoms with Crippen molar-refractivity contribution in [2.45, 2.75) is 26.8 Å². The molecule has 7 heteroatoms. The van der Waals surface area contributed by atoms with Gasteiger partial charge in [-0.15, -0.1) is 24.0 Å². The van der Waals surface area contributed by atoms with Gasteiger partial charge in [0.2, 0.25) is 6.79 Å². The van der Waals surface area contributed by atoms with Gasteiger partial charge in [-0.05, 0) is 50.0 Å². The van der Waals surface area contributed by atoms with Crippen LogP contribution in [0.25, 0.3) is 0 Å². The molecule has 0 aromatic heterocycles. The van der Waals surface area contributed by atoms with Gasteiger partial charge in [0.15, 0.2) is 17.5 Å². The molecule has 1 atom stereocenters. The highest BCUT2D eigenvalue weighted by atomic mass is 127. The quantitative estimate of drug-likeness (QED) is 0.388. The van der Waals surface area contributed by atoms with Crippen molar-refractivity contribution in [1.29, 1.82) is 0 Å². The van der Waals surface area contributed by atoms with Crippen LogP contribution in [0.15, 0.2) is 23.2 Å². The smallest absolute Gasteiger partial charge is 0.231 e. The number of nitrogens with one attached hydrogen (secondary N) is 2. The molecule has 0 spiro atoms. The summed E-state index contributed by atoms with van der Waals surface area (Å²) < 4.78 is 10.8. The zero-order valence-corrected chi connectivity index (χ0v) is 17.4. The van der Waals surface area contributed by atoms with E-state index in [1.807, 2.05) is 18.2 Å². The van der Waals surface area contributed by atoms with Gasteiger partial charge in [0.05, 0.1) is 6.54 Å². The summed E-state index contributed by atoms with van der Waals surface area (Å²) in [5.74, 6) is 3.21. The number of benzene rings is 1. The Labute approximate surface area is 167 Å².